The molecule has 2 N–H and O–H groups in total. The van der Waals surface area contributed by atoms with Gasteiger partial charge in [-0.3, -0.25) is 0 Å². The van der Waals surface area contributed by atoms with Crippen molar-refractivity contribution in [3.63, 3.8) is 0 Å². The molecule has 1 nitrogen and oxygen atoms in total. The first-order chi connectivity index (χ1) is 8.90. The molecule has 0 aliphatic heterocycles. The topological polar surface area (TPSA) is 26.0 Å². The van der Waals surface area contributed by atoms with Gasteiger partial charge in [0, 0.05) is 16.1 Å². The van der Waals surface area contributed by atoms with Crippen molar-refractivity contribution < 1.29 is 8.78 Å². The van der Waals surface area contributed by atoms with E-state index in [-0.39, 0.29) is 12.2 Å². The zero-order valence-corrected chi connectivity index (χ0v) is 11.2. The van der Waals surface area contributed by atoms with Gasteiger partial charge < -0.3 is 5.73 Å². The number of hydrogen-bond acceptors (Lipinski definition) is 1. The molecule has 2 aromatic rings. The van der Waals surface area contributed by atoms with Gasteiger partial charge in [-0.2, -0.15) is 0 Å². The zero-order valence-electron chi connectivity index (χ0n) is 10.5. The highest BCUT2D eigenvalue weighted by atomic mass is 35.5. The molecule has 1 unspecified atom stereocenters. The molecule has 0 aliphatic rings. The summed E-state index contributed by atoms with van der Waals surface area (Å²) in [6.07, 6.45) is 0.207. The maximum absolute atomic E-state index is 13.9. The lowest BCUT2D eigenvalue weighted by molar-refractivity contribution is 0.447. The van der Waals surface area contributed by atoms with Gasteiger partial charge in [-0.15, -0.1) is 0 Å². The quantitative estimate of drug-likeness (QED) is 0.903. The fraction of sp³-hybridized carbons (Fsp3) is 0.200. The third-order valence-electron chi connectivity index (χ3n) is 3.06. The molecule has 0 amide bonds. The van der Waals surface area contributed by atoms with Crippen molar-refractivity contribution in [1.82, 2.24) is 0 Å². The van der Waals surface area contributed by atoms with Crippen LogP contribution >= 0.6 is 11.6 Å². The molecule has 0 saturated heterocycles. The number of benzene rings is 2. The van der Waals surface area contributed by atoms with Crippen molar-refractivity contribution >= 4 is 11.6 Å². The Balaban J connectivity index is 2.35. The molecule has 0 heterocycles. The second-order valence-electron chi connectivity index (χ2n) is 4.81. The first kappa shape index (κ1) is 14.0. The van der Waals surface area contributed by atoms with Crippen molar-refractivity contribution in [3.05, 3.63) is 70.2 Å². The minimum atomic E-state index is -1.00. The summed E-state index contributed by atoms with van der Waals surface area (Å²) in [7, 11) is 0. The highest BCUT2D eigenvalue weighted by Crippen LogP contribution is 2.27. The van der Waals surface area contributed by atoms with Crippen LogP contribution in [0.5, 0.6) is 0 Å². The molecule has 2 aromatic carbocycles. The van der Waals surface area contributed by atoms with Gasteiger partial charge in [0.2, 0.25) is 0 Å². The van der Waals surface area contributed by atoms with Crippen molar-refractivity contribution in [2.24, 2.45) is 5.73 Å². The summed E-state index contributed by atoms with van der Waals surface area (Å²) >= 11 is 5.71. The fourth-order valence-electron chi connectivity index (χ4n) is 2.09. The lowest BCUT2D eigenvalue weighted by Crippen LogP contribution is -2.36. The first-order valence-corrected chi connectivity index (χ1v) is 6.26. The Hall–Kier alpha value is -1.45. The third kappa shape index (κ3) is 3.11. The summed E-state index contributed by atoms with van der Waals surface area (Å²) in [5.41, 5.74) is 5.92. The summed E-state index contributed by atoms with van der Waals surface area (Å²) in [6.45, 7) is 1.67. The van der Waals surface area contributed by atoms with Gasteiger partial charge in [0.15, 0.2) is 0 Å². The van der Waals surface area contributed by atoms with Crippen LogP contribution in [0.15, 0.2) is 42.5 Å². The number of nitrogens with two attached hydrogens (primary N) is 1. The molecule has 100 valence electrons. The van der Waals surface area contributed by atoms with Crippen molar-refractivity contribution in [2.45, 2.75) is 18.9 Å². The molecule has 2 rings (SSSR count). The van der Waals surface area contributed by atoms with E-state index in [4.69, 9.17) is 17.3 Å². The Morgan fingerprint density at radius 3 is 2.42 bits per heavy atom. The van der Waals surface area contributed by atoms with E-state index in [1.54, 1.807) is 37.3 Å². The maximum atomic E-state index is 13.9. The molecular formula is C15H14ClF2N. The summed E-state index contributed by atoms with van der Waals surface area (Å²) < 4.78 is 27.5. The van der Waals surface area contributed by atoms with E-state index < -0.39 is 11.4 Å². The fourth-order valence-corrected chi connectivity index (χ4v) is 2.24. The minimum Gasteiger partial charge on any atom is -0.321 e. The molecule has 4 heteroatoms. The van der Waals surface area contributed by atoms with E-state index in [0.717, 1.165) is 0 Å². The molecule has 0 fully saturated rings. The van der Waals surface area contributed by atoms with Gasteiger partial charge in [-0.25, -0.2) is 8.78 Å². The SMILES string of the molecule is CC(N)(Cc1ccccc1F)c1ccc(Cl)cc1F. The third-order valence-corrected chi connectivity index (χ3v) is 3.30. The molecule has 0 saturated carbocycles. The van der Waals surface area contributed by atoms with Gasteiger partial charge >= 0.3 is 0 Å². The van der Waals surface area contributed by atoms with Gasteiger partial charge in [-0.05, 0) is 37.1 Å². The highest BCUT2D eigenvalue weighted by molar-refractivity contribution is 6.30. The van der Waals surface area contributed by atoms with E-state index in [2.05, 4.69) is 0 Å². The van der Waals surface area contributed by atoms with Gasteiger partial charge in [0.1, 0.15) is 11.6 Å². The van der Waals surface area contributed by atoms with E-state index >= 15 is 0 Å². The smallest absolute Gasteiger partial charge is 0.129 e. The normalized spacial score (nSPS) is 14.2. The van der Waals surface area contributed by atoms with Crippen molar-refractivity contribution in [1.29, 1.82) is 0 Å². The monoisotopic (exact) mass is 281 g/mol. The van der Waals surface area contributed by atoms with Crippen LogP contribution in [0.4, 0.5) is 8.78 Å². The van der Waals surface area contributed by atoms with Crippen LogP contribution in [0, 0.1) is 11.6 Å². The van der Waals surface area contributed by atoms with Gasteiger partial charge in [-0.1, -0.05) is 35.9 Å². The molecule has 1 atom stereocenters. The standard InChI is InChI=1S/C15H14ClF2N/c1-15(19,9-10-4-2-3-5-13(10)17)12-7-6-11(16)8-14(12)18/h2-8H,9,19H2,1H3. The molecule has 0 bridgehead atoms. The number of halogens is 3. The Morgan fingerprint density at radius 1 is 1.11 bits per heavy atom. The number of rotatable bonds is 3. The Kier molecular flexibility index (Phi) is 3.88. The Bertz CT molecular complexity index is 596. The average Bonchev–Trinajstić information content (AvgIpc) is 2.31. The van der Waals surface area contributed by atoms with Gasteiger partial charge in [0.25, 0.3) is 0 Å². The summed E-state index contributed by atoms with van der Waals surface area (Å²) in [4.78, 5) is 0. The van der Waals surface area contributed by atoms with Crippen LogP contribution in [0.2, 0.25) is 5.02 Å². The van der Waals surface area contributed by atoms with E-state index in [1.165, 1.54) is 12.1 Å². The van der Waals surface area contributed by atoms with Crippen molar-refractivity contribution in [3.8, 4) is 0 Å². The van der Waals surface area contributed by atoms with E-state index in [9.17, 15) is 8.78 Å². The second-order valence-corrected chi connectivity index (χ2v) is 5.25. The van der Waals surface area contributed by atoms with Crippen LogP contribution in [-0.2, 0) is 12.0 Å². The first-order valence-electron chi connectivity index (χ1n) is 5.88. The molecule has 0 aromatic heterocycles. The molecule has 0 aliphatic carbocycles. The predicted octanol–water partition coefficient (Wildman–Crippen LogP) is 4.03. The summed E-state index contributed by atoms with van der Waals surface area (Å²) in [5, 5.41) is 0.308. The van der Waals surface area contributed by atoms with Crippen LogP contribution in [-0.4, -0.2) is 0 Å². The molecule has 19 heavy (non-hydrogen) atoms. The van der Waals surface area contributed by atoms with E-state index in [0.29, 0.717) is 16.1 Å². The van der Waals surface area contributed by atoms with Crippen LogP contribution < -0.4 is 5.73 Å². The molecule has 0 spiro atoms. The van der Waals surface area contributed by atoms with E-state index in [1.807, 2.05) is 0 Å². The Morgan fingerprint density at radius 2 is 1.79 bits per heavy atom. The largest absolute Gasteiger partial charge is 0.321 e. The highest BCUT2D eigenvalue weighted by Gasteiger charge is 2.26. The minimum absolute atomic E-state index is 0.207. The second kappa shape index (κ2) is 5.27. The lowest BCUT2D eigenvalue weighted by Gasteiger charge is -2.26. The maximum Gasteiger partial charge on any atom is 0.129 e. The Labute approximate surface area is 116 Å². The molecule has 0 radical (unpaired) electrons. The molecular weight excluding hydrogens is 268 g/mol. The van der Waals surface area contributed by atoms with Crippen molar-refractivity contribution in [2.75, 3.05) is 0 Å². The average molecular weight is 282 g/mol. The van der Waals surface area contributed by atoms with Gasteiger partial charge in [0.05, 0.1) is 0 Å². The number of hydrogen-bond donors (Lipinski definition) is 1. The predicted molar refractivity (Wildman–Crippen MR) is 73.1 cm³/mol. The summed E-state index contributed by atoms with van der Waals surface area (Å²) in [5.74, 6) is -0.817. The lowest BCUT2D eigenvalue weighted by atomic mass is 9.86. The zero-order chi connectivity index (χ0) is 14.0. The van der Waals surface area contributed by atoms with Crippen LogP contribution in [0.25, 0.3) is 0 Å². The van der Waals surface area contributed by atoms with Crippen LogP contribution in [0.1, 0.15) is 18.1 Å². The van der Waals surface area contributed by atoms with Crippen LogP contribution in [0.3, 0.4) is 0 Å². The summed E-state index contributed by atoms with van der Waals surface area (Å²) in [6, 6.07) is 10.7.